The van der Waals surface area contributed by atoms with Crippen molar-refractivity contribution in [1.82, 2.24) is 10.2 Å². The normalized spacial score (nSPS) is 12.1. The van der Waals surface area contributed by atoms with E-state index in [1.165, 1.54) is 4.90 Å². The van der Waals surface area contributed by atoms with Crippen LogP contribution in [0.1, 0.15) is 25.0 Å². The highest BCUT2D eigenvalue weighted by atomic mass is 16.4. The van der Waals surface area contributed by atoms with Gasteiger partial charge in [-0.3, -0.25) is 0 Å². The van der Waals surface area contributed by atoms with Crippen molar-refractivity contribution in [2.45, 2.75) is 33.4 Å². The van der Waals surface area contributed by atoms with Gasteiger partial charge in [-0.1, -0.05) is 43.7 Å². The molecule has 1 atom stereocenters. The van der Waals surface area contributed by atoms with Gasteiger partial charge in [0.1, 0.15) is 6.04 Å². The summed E-state index contributed by atoms with van der Waals surface area (Å²) in [6.45, 7) is 5.96. The molecule has 1 aromatic carbocycles. The number of carbonyl (C=O) groups excluding carboxylic acids is 1. The molecule has 5 nitrogen and oxygen atoms in total. The van der Waals surface area contributed by atoms with Gasteiger partial charge in [0.15, 0.2) is 0 Å². The molecule has 0 saturated heterocycles. The van der Waals surface area contributed by atoms with Gasteiger partial charge in [-0.15, -0.1) is 0 Å². The zero-order valence-corrected chi connectivity index (χ0v) is 12.4. The fourth-order valence-corrected chi connectivity index (χ4v) is 1.91. The number of nitrogens with zero attached hydrogens (tertiary/aromatic N) is 1. The van der Waals surface area contributed by atoms with Crippen LogP contribution in [0.4, 0.5) is 4.79 Å². The summed E-state index contributed by atoms with van der Waals surface area (Å²) >= 11 is 0. The number of aryl methyl sites for hydroxylation is 1. The maximum Gasteiger partial charge on any atom is 0.326 e. The van der Waals surface area contributed by atoms with Gasteiger partial charge in [-0.2, -0.15) is 0 Å². The van der Waals surface area contributed by atoms with Crippen molar-refractivity contribution < 1.29 is 14.7 Å². The van der Waals surface area contributed by atoms with Gasteiger partial charge in [-0.05, 0) is 18.4 Å². The number of carboxylic acids is 1. The van der Waals surface area contributed by atoms with E-state index in [4.69, 9.17) is 5.11 Å². The summed E-state index contributed by atoms with van der Waals surface area (Å²) in [6, 6.07) is 6.61. The lowest BCUT2D eigenvalue weighted by atomic mass is 10.1. The first-order valence-corrected chi connectivity index (χ1v) is 6.61. The third-order valence-electron chi connectivity index (χ3n) is 3.06. The molecule has 20 heavy (non-hydrogen) atoms. The first-order valence-electron chi connectivity index (χ1n) is 6.61. The highest BCUT2D eigenvalue weighted by Crippen LogP contribution is 2.08. The van der Waals surface area contributed by atoms with Crippen LogP contribution < -0.4 is 5.32 Å². The van der Waals surface area contributed by atoms with Crippen LogP contribution in [0.3, 0.4) is 0 Å². The van der Waals surface area contributed by atoms with Crippen LogP contribution in [0.15, 0.2) is 24.3 Å². The van der Waals surface area contributed by atoms with Crippen molar-refractivity contribution in [2.75, 3.05) is 7.05 Å². The molecule has 0 radical (unpaired) electrons. The van der Waals surface area contributed by atoms with Crippen LogP contribution in [-0.2, 0) is 11.3 Å². The molecule has 0 aliphatic carbocycles. The summed E-state index contributed by atoms with van der Waals surface area (Å²) < 4.78 is 0. The maximum absolute atomic E-state index is 12.0. The van der Waals surface area contributed by atoms with Gasteiger partial charge in [0.2, 0.25) is 0 Å². The Morgan fingerprint density at radius 2 is 2.00 bits per heavy atom. The van der Waals surface area contributed by atoms with Gasteiger partial charge in [0, 0.05) is 13.6 Å². The van der Waals surface area contributed by atoms with E-state index in [0.29, 0.717) is 6.54 Å². The summed E-state index contributed by atoms with van der Waals surface area (Å²) in [5.41, 5.74) is 2.14. The van der Waals surface area contributed by atoms with E-state index >= 15 is 0 Å². The van der Waals surface area contributed by atoms with Crippen molar-refractivity contribution in [1.29, 1.82) is 0 Å². The van der Waals surface area contributed by atoms with Crippen LogP contribution in [-0.4, -0.2) is 35.1 Å². The Morgan fingerprint density at radius 1 is 1.35 bits per heavy atom. The summed E-state index contributed by atoms with van der Waals surface area (Å²) in [7, 11) is 1.65. The third-order valence-corrected chi connectivity index (χ3v) is 3.06. The minimum absolute atomic E-state index is 0.163. The smallest absolute Gasteiger partial charge is 0.326 e. The van der Waals surface area contributed by atoms with E-state index < -0.39 is 12.0 Å². The number of carboxylic acid groups (broad SMARTS) is 1. The summed E-state index contributed by atoms with van der Waals surface area (Å²) in [5, 5.41) is 11.6. The Hall–Kier alpha value is -2.04. The molecule has 0 aliphatic rings. The Balaban J connectivity index is 2.65. The first kappa shape index (κ1) is 16.0. The van der Waals surface area contributed by atoms with Gasteiger partial charge in [0.05, 0.1) is 0 Å². The minimum Gasteiger partial charge on any atom is -0.480 e. The average molecular weight is 278 g/mol. The van der Waals surface area contributed by atoms with E-state index in [1.54, 1.807) is 20.9 Å². The number of benzene rings is 1. The van der Waals surface area contributed by atoms with Crippen molar-refractivity contribution in [3.63, 3.8) is 0 Å². The fourth-order valence-electron chi connectivity index (χ4n) is 1.91. The van der Waals surface area contributed by atoms with Gasteiger partial charge < -0.3 is 15.3 Å². The second-order valence-corrected chi connectivity index (χ2v) is 5.35. The van der Waals surface area contributed by atoms with Crippen molar-refractivity contribution in [3.05, 3.63) is 35.4 Å². The van der Waals surface area contributed by atoms with Crippen LogP contribution >= 0.6 is 0 Å². The lowest BCUT2D eigenvalue weighted by Gasteiger charge is -2.23. The molecule has 0 saturated carbocycles. The van der Waals surface area contributed by atoms with E-state index in [1.807, 2.05) is 31.2 Å². The van der Waals surface area contributed by atoms with Gasteiger partial charge in [-0.25, -0.2) is 9.59 Å². The zero-order chi connectivity index (χ0) is 15.3. The molecule has 5 heteroatoms. The lowest BCUT2D eigenvalue weighted by molar-refractivity contribution is -0.140. The largest absolute Gasteiger partial charge is 0.480 e. The topological polar surface area (TPSA) is 69.6 Å². The van der Waals surface area contributed by atoms with Crippen molar-refractivity contribution in [2.24, 2.45) is 5.92 Å². The Morgan fingerprint density at radius 3 is 2.50 bits per heavy atom. The Kier molecular flexibility index (Phi) is 5.55. The third kappa shape index (κ3) is 4.57. The van der Waals surface area contributed by atoms with Gasteiger partial charge in [0.25, 0.3) is 0 Å². The summed E-state index contributed by atoms with van der Waals surface area (Å²) in [6.07, 6.45) is 0. The standard InChI is InChI=1S/C15H22N2O3/c1-10(2)13(14(18)19)16-15(20)17(4)9-12-7-5-6-11(3)8-12/h5-8,10,13H,9H2,1-4H3,(H,16,20)(H,18,19)/t13-/m0/s1. The van der Waals surface area contributed by atoms with E-state index in [-0.39, 0.29) is 11.9 Å². The molecule has 0 unspecified atom stereocenters. The SMILES string of the molecule is Cc1cccc(CN(C)C(=O)N[C@H](C(=O)O)C(C)C)c1. The van der Waals surface area contributed by atoms with Gasteiger partial charge >= 0.3 is 12.0 Å². The molecule has 1 rings (SSSR count). The average Bonchev–Trinajstić information content (AvgIpc) is 2.34. The van der Waals surface area contributed by atoms with Crippen LogP contribution in [0.25, 0.3) is 0 Å². The predicted molar refractivity (Wildman–Crippen MR) is 77.4 cm³/mol. The maximum atomic E-state index is 12.0. The molecule has 0 aromatic heterocycles. The molecule has 2 amide bonds. The predicted octanol–water partition coefficient (Wildman–Crippen LogP) is 2.25. The number of aliphatic carboxylic acids is 1. The van der Waals surface area contributed by atoms with Crippen LogP contribution in [0.5, 0.6) is 0 Å². The molecular formula is C15H22N2O3. The highest BCUT2D eigenvalue weighted by Gasteiger charge is 2.24. The summed E-state index contributed by atoms with van der Waals surface area (Å²) in [5.74, 6) is -1.18. The quantitative estimate of drug-likeness (QED) is 0.868. The van der Waals surface area contributed by atoms with E-state index in [2.05, 4.69) is 5.32 Å². The number of nitrogens with one attached hydrogen (secondary N) is 1. The highest BCUT2D eigenvalue weighted by molar-refractivity contribution is 5.82. The Bertz CT molecular complexity index is 486. The molecule has 0 bridgehead atoms. The monoisotopic (exact) mass is 278 g/mol. The molecule has 110 valence electrons. The molecule has 0 aliphatic heterocycles. The first-order chi connectivity index (χ1) is 9.31. The van der Waals surface area contributed by atoms with E-state index in [9.17, 15) is 9.59 Å². The molecule has 0 fully saturated rings. The molecule has 2 N–H and O–H groups in total. The fraction of sp³-hybridized carbons (Fsp3) is 0.467. The minimum atomic E-state index is -1.02. The Labute approximate surface area is 119 Å². The number of carbonyl (C=O) groups is 2. The molecule has 1 aromatic rings. The second kappa shape index (κ2) is 6.93. The number of amides is 2. The van der Waals surface area contributed by atoms with E-state index in [0.717, 1.165) is 11.1 Å². The number of hydrogen-bond acceptors (Lipinski definition) is 2. The van der Waals surface area contributed by atoms with Crippen LogP contribution in [0.2, 0.25) is 0 Å². The number of rotatable bonds is 5. The molecular weight excluding hydrogens is 256 g/mol. The number of urea groups is 1. The number of hydrogen-bond donors (Lipinski definition) is 2. The molecule has 0 spiro atoms. The van der Waals surface area contributed by atoms with Crippen LogP contribution in [0, 0.1) is 12.8 Å². The summed E-state index contributed by atoms with van der Waals surface area (Å²) in [4.78, 5) is 24.6. The lowest BCUT2D eigenvalue weighted by Crippen LogP contribution is -2.48. The van der Waals surface area contributed by atoms with Crippen molar-refractivity contribution >= 4 is 12.0 Å². The molecule has 0 heterocycles. The van der Waals surface area contributed by atoms with Crippen molar-refractivity contribution in [3.8, 4) is 0 Å². The second-order valence-electron chi connectivity index (χ2n) is 5.35. The zero-order valence-electron chi connectivity index (χ0n) is 12.4.